The van der Waals surface area contributed by atoms with Gasteiger partial charge in [0.25, 0.3) is 6.47 Å². The van der Waals surface area contributed by atoms with Gasteiger partial charge < -0.3 is 15.2 Å². The largest absolute Gasteiger partial charge is 0.493 e. The molecule has 2 N–H and O–H groups in total. The third-order valence-corrected chi connectivity index (χ3v) is 2.71. The van der Waals surface area contributed by atoms with Crippen molar-refractivity contribution in [3.63, 3.8) is 0 Å². The number of hydrogen-bond acceptors (Lipinski definition) is 5. The Balaban J connectivity index is 0.000000491. The standard InChI is InChI=1S/C12H10ClFN2O.C2H4O2/c1-17-9-6-16-12(10(14)11(9)15)7-2-4-8(13)5-3-7;1-4-2-3/h2-6H,1H3,(H2,15,16);2H,1H3. The number of nitrogen functional groups attached to an aromatic ring is 1. The first-order valence-corrected chi connectivity index (χ1v) is 6.13. The van der Waals surface area contributed by atoms with Crippen LogP contribution in [0.25, 0.3) is 11.3 Å². The van der Waals surface area contributed by atoms with Gasteiger partial charge in [-0.2, -0.15) is 0 Å². The second-order valence-electron chi connectivity index (χ2n) is 3.74. The van der Waals surface area contributed by atoms with E-state index in [4.69, 9.17) is 26.9 Å². The molecule has 0 saturated heterocycles. The lowest BCUT2D eigenvalue weighted by Gasteiger charge is -2.08. The maximum absolute atomic E-state index is 13.9. The van der Waals surface area contributed by atoms with Crippen LogP contribution in [-0.4, -0.2) is 25.7 Å². The van der Waals surface area contributed by atoms with E-state index in [0.29, 0.717) is 17.1 Å². The highest BCUT2D eigenvalue weighted by Crippen LogP contribution is 2.30. The van der Waals surface area contributed by atoms with E-state index in [1.165, 1.54) is 20.4 Å². The van der Waals surface area contributed by atoms with Gasteiger partial charge >= 0.3 is 0 Å². The number of carbonyl (C=O) groups is 1. The van der Waals surface area contributed by atoms with Crippen LogP contribution in [0.5, 0.6) is 5.75 Å². The van der Waals surface area contributed by atoms with Crippen LogP contribution in [0, 0.1) is 5.82 Å². The van der Waals surface area contributed by atoms with Crippen LogP contribution in [0.3, 0.4) is 0 Å². The minimum atomic E-state index is -0.591. The Morgan fingerprint density at radius 2 is 1.86 bits per heavy atom. The van der Waals surface area contributed by atoms with Crippen molar-refractivity contribution in [2.24, 2.45) is 0 Å². The monoisotopic (exact) mass is 312 g/mol. The molecule has 21 heavy (non-hydrogen) atoms. The Bertz CT molecular complexity index is 606. The maximum atomic E-state index is 13.9. The van der Waals surface area contributed by atoms with Gasteiger partial charge in [0.2, 0.25) is 0 Å². The topological polar surface area (TPSA) is 74.4 Å². The van der Waals surface area contributed by atoms with Crippen LogP contribution in [0.2, 0.25) is 5.02 Å². The van der Waals surface area contributed by atoms with Crippen molar-refractivity contribution in [1.82, 2.24) is 4.98 Å². The predicted molar refractivity (Wildman–Crippen MR) is 78.7 cm³/mol. The molecule has 1 heterocycles. The van der Waals surface area contributed by atoms with Crippen LogP contribution in [0.4, 0.5) is 10.1 Å². The molecule has 2 aromatic rings. The molecule has 1 aromatic heterocycles. The fourth-order valence-electron chi connectivity index (χ4n) is 1.46. The number of nitrogens with two attached hydrogens (primary N) is 1. The molecule has 2 rings (SSSR count). The second-order valence-corrected chi connectivity index (χ2v) is 4.18. The van der Waals surface area contributed by atoms with Crippen LogP contribution in [-0.2, 0) is 9.53 Å². The SMILES string of the molecule is COC=O.COc1cnc(-c2ccc(Cl)cc2)c(F)c1N. The zero-order chi connectivity index (χ0) is 15.8. The lowest BCUT2D eigenvalue weighted by Crippen LogP contribution is -2.00. The van der Waals surface area contributed by atoms with E-state index >= 15 is 0 Å². The Hall–Kier alpha value is -2.34. The third kappa shape index (κ3) is 4.32. The minimum absolute atomic E-state index is 0.0487. The number of nitrogens with zero attached hydrogens (tertiary/aromatic N) is 1. The minimum Gasteiger partial charge on any atom is -0.493 e. The predicted octanol–water partition coefficient (Wildman–Crippen LogP) is 2.92. The summed E-state index contributed by atoms with van der Waals surface area (Å²) in [5.74, 6) is -0.369. The highest BCUT2D eigenvalue weighted by Gasteiger charge is 2.14. The summed E-state index contributed by atoms with van der Waals surface area (Å²) in [5.41, 5.74) is 6.34. The zero-order valence-electron chi connectivity index (χ0n) is 11.5. The van der Waals surface area contributed by atoms with E-state index in [2.05, 4.69) is 9.72 Å². The quantitative estimate of drug-likeness (QED) is 0.882. The van der Waals surface area contributed by atoms with Gasteiger partial charge in [-0.1, -0.05) is 23.7 Å². The van der Waals surface area contributed by atoms with Gasteiger partial charge in [0.15, 0.2) is 11.6 Å². The first kappa shape index (κ1) is 16.7. The highest BCUT2D eigenvalue weighted by atomic mass is 35.5. The van der Waals surface area contributed by atoms with Gasteiger partial charge in [-0.15, -0.1) is 0 Å². The van der Waals surface area contributed by atoms with E-state index < -0.39 is 5.82 Å². The molecule has 0 fully saturated rings. The summed E-state index contributed by atoms with van der Waals surface area (Å²) < 4.78 is 22.7. The molecule has 0 unspecified atom stereocenters. The first-order valence-electron chi connectivity index (χ1n) is 5.75. The fraction of sp³-hybridized carbons (Fsp3) is 0.143. The van der Waals surface area contributed by atoms with Crippen molar-refractivity contribution >= 4 is 23.8 Å². The molecular weight excluding hydrogens is 299 g/mol. The number of rotatable bonds is 3. The van der Waals surface area contributed by atoms with Crippen molar-refractivity contribution in [3.05, 3.63) is 41.3 Å². The maximum Gasteiger partial charge on any atom is 0.292 e. The average molecular weight is 313 g/mol. The molecule has 5 nitrogen and oxygen atoms in total. The molecule has 1 aromatic carbocycles. The molecule has 0 amide bonds. The first-order chi connectivity index (χ1) is 10.0. The number of benzene rings is 1. The molecule has 0 bridgehead atoms. The van der Waals surface area contributed by atoms with Gasteiger partial charge in [-0.3, -0.25) is 4.79 Å². The van der Waals surface area contributed by atoms with Crippen molar-refractivity contribution in [2.75, 3.05) is 20.0 Å². The molecule has 112 valence electrons. The van der Waals surface area contributed by atoms with Crippen LogP contribution < -0.4 is 10.5 Å². The van der Waals surface area contributed by atoms with Crippen molar-refractivity contribution in [2.45, 2.75) is 0 Å². The van der Waals surface area contributed by atoms with Crippen molar-refractivity contribution in [3.8, 4) is 17.0 Å². The normalized spacial score (nSPS) is 9.33. The average Bonchev–Trinajstić information content (AvgIpc) is 2.51. The van der Waals surface area contributed by atoms with Crippen LogP contribution in [0.1, 0.15) is 0 Å². The number of pyridine rings is 1. The van der Waals surface area contributed by atoms with E-state index in [1.807, 2.05) is 0 Å². The lowest BCUT2D eigenvalue weighted by molar-refractivity contribution is -0.126. The smallest absolute Gasteiger partial charge is 0.292 e. The molecule has 0 spiro atoms. The molecular formula is C14H14ClFN2O3. The number of anilines is 1. The summed E-state index contributed by atoms with van der Waals surface area (Å²) in [7, 11) is 2.72. The zero-order valence-corrected chi connectivity index (χ0v) is 12.2. The highest BCUT2D eigenvalue weighted by molar-refractivity contribution is 6.30. The lowest BCUT2D eigenvalue weighted by atomic mass is 10.1. The Labute approximate surface area is 126 Å². The van der Waals surface area contributed by atoms with Gasteiger partial charge in [0, 0.05) is 10.6 Å². The van der Waals surface area contributed by atoms with E-state index in [9.17, 15) is 4.39 Å². The number of ether oxygens (including phenoxy) is 2. The summed E-state index contributed by atoms with van der Waals surface area (Å²) in [6, 6.07) is 6.69. The second kappa shape index (κ2) is 8.06. The number of halogens is 2. The molecule has 0 aliphatic rings. The van der Waals surface area contributed by atoms with E-state index in [-0.39, 0.29) is 17.1 Å². The van der Waals surface area contributed by atoms with E-state index in [1.54, 1.807) is 24.3 Å². The molecule has 0 saturated carbocycles. The van der Waals surface area contributed by atoms with Gasteiger partial charge in [0.05, 0.1) is 20.4 Å². The summed E-state index contributed by atoms with van der Waals surface area (Å²) in [4.78, 5) is 12.9. The van der Waals surface area contributed by atoms with E-state index in [0.717, 1.165) is 0 Å². The molecule has 0 radical (unpaired) electrons. The number of hydrogen-bond donors (Lipinski definition) is 1. The Morgan fingerprint density at radius 3 is 2.33 bits per heavy atom. The number of carbonyl (C=O) groups excluding carboxylic acids is 1. The number of methoxy groups -OCH3 is 2. The third-order valence-electron chi connectivity index (χ3n) is 2.45. The summed E-state index contributed by atoms with van der Waals surface area (Å²) in [5, 5.41) is 0.579. The van der Waals surface area contributed by atoms with Crippen molar-refractivity contribution in [1.29, 1.82) is 0 Å². The molecule has 7 heteroatoms. The molecule has 0 aliphatic heterocycles. The van der Waals surface area contributed by atoms with Gasteiger partial charge in [-0.05, 0) is 12.1 Å². The van der Waals surface area contributed by atoms with Crippen LogP contribution in [0.15, 0.2) is 30.5 Å². The van der Waals surface area contributed by atoms with Gasteiger partial charge in [0.1, 0.15) is 11.4 Å². The summed E-state index contributed by atoms with van der Waals surface area (Å²) in [6.07, 6.45) is 1.39. The number of aromatic nitrogens is 1. The molecule has 0 aliphatic carbocycles. The van der Waals surface area contributed by atoms with Gasteiger partial charge in [-0.25, -0.2) is 9.37 Å². The summed E-state index contributed by atoms with van der Waals surface area (Å²) >= 11 is 5.76. The Kier molecular flexibility index (Phi) is 6.42. The van der Waals surface area contributed by atoms with Crippen LogP contribution >= 0.6 is 11.6 Å². The summed E-state index contributed by atoms with van der Waals surface area (Å²) in [6.45, 7) is 0.375. The molecule has 0 atom stereocenters. The fourth-order valence-corrected chi connectivity index (χ4v) is 1.58. The Morgan fingerprint density at radius 1 is 1.29 bits per heavy atom. The van der Waals surface area contributed by atoms with Crippen molar-refractivity contribution < 1.29 is 18.7 Å².